The molecule has 1 aliphatic heterocycles. The Labute approximate surface area is 167 Å². The Morgan fingerprint density at radius 2 is 1.64 bits per heavy atom. The monoisotopic (exact) mass is 400 g/mol. The summed E-state index contributed by atoms with van der Waals surface area (Å²) < 4.78 is 26.9. The SMILES string of the molecule is Cc1ccc(CS(=O)(=O)N2CCC(C(=O)Nc3ccc(C)c(C)c3)CC2)cc1. The lowest BCUT2D eigenvalue weighted by atomic mass is 9.97. The zero-order valence-corrected chi connectivity index (χ0v) is 17.6. The van der Waals surface area contributed by atoms with Crippen molar-refractivity contribution in [2.45, 2.75) is 39.4 Å². The molecule has 0 radical (unpaired) electrons. The lowest BCUT2D eigenvalue weighted by molar-refractivity contribution is -0.120. The van der Waals surface area contributed by atoms with Gasteiger partial charge in [-0.2, -0.15) is 0 Å². The summed E-state index contributed by atoms with van der Waals surface area (Å²) in [6.45, 7) is 6.81. The minimum Gasteiger partial charge on any atom is -0.326 e. The summed E-state index contributed by atoms with van der Waals surface area (Å²) in [7, 11) is -3.37. The molecule has 1 amide bonds. The van der Waals surface area contributed by atoms with E-state index in [0.717, 1.165) is 22.4 Å². The number of benzene rings is 2. The first-order valence-corrected chi connectivity index (χ1v) is 11.3. The zero-order valence-electron chi connectivity index (χ0n) is 16.7. The van der Waals surface area contributed by atoms with Crippen molar-refractivity contribution in [1.29, 1.82) is 0 Å². The van der Waals surface area contributed by atoms with Crippen LogP contribution in [-0.2, 0) is 20.6 Å². The van der Waals surface area contributed by atoms with Crippen LogP contribution in [0.3, 0.4) is 0 Å². The van der Waals surface area contributed by atoms with E-state index < -0.39 is 10.0 Å². The van der Waals surface area contributed by atoms with Crippen molar-refractivity contribution in [1.82, 2.24) is 4.31 Å². The fourth-order valence-electron chi connectivity index (χ4n) is 3.45. The van der Waals surface area contributed by atoms with Crippen LogP contribution in [0.2, 0.25) is 0 Å². The molecule has 1 N–H and O–H groups in total. The summed E-state index contributed by atoms with van der Waals surface area (Å²) in [5.74, 6) is -0.182. The molecule has 0 bridgehead atoms. The van der Waals surface area contributed by atoms with Crippen LogP contribution in [-0.4, -0.2) is 31.7 Å². The number of carbonyl (C=O) groups excluding carboxylic acids is 1. The van der Waals surface area contributed by atoms with Crippen LogP contribution in [0.5, 0.6) is 0 Å². The van der Waals surface area contributed by atoms with Gasteiger partial charge in [-0.05, 0) is 62.4 Å². The predicted molar refractivity (Wildman–Crippen MR) is 113 cm³/mol. The summed E-state index contributed by atoms with van der Waals surface area (Å²) in [5.41, 5.74) is 5.01. The number of anilines is 1. The standard InChI is InChI=1S/C22H28N2O3S/c1-16-4-7-19(8-5-16)15-28(26,27)24-12-10-20(11-13-24)22(25)23-21-9-6-17(2)18(3)14-21/h4-9,14,20H,10-13,15H2,1-3H3,(H,23,25). The number of rotatable bonds is 5. The Hall–Kier alpha value is -2.18. The Kier molecular flexibility index (Phi) is 6.20. The Bertz CT molecular complexity index is 944. The molecule has 3 rings (SSSR count). The number of piperidine rings is 1. The van der Waals surface area contributed by atoms with Crippen molar-refractivity contribution in [3.8, 4) is 0 Å². The van der Waals surface area contributed by atoms with E-state index in [1.807, 2.05) is 63.2 Å². The third kappa shape index (κ3) is 5.00. The first-order valence-electron chi connectivity index (χ1n) is 9.66. The molecular weight excluding hydrogens is 372 g/mol. The van der Waals surface area contributed by atoms with E-state index in [1.165, 1.54) is 9.87 Å². The average molecular weight is 401 g/mol. The average Bonchev–Trinajstić information content (AvgIpc) is 2.66. The lowest BCUT2D eigenvalue weighted by Gasteiger charge is -2.30. The van der Waals surface area contributed by atoms with E-state index in [0.29, 0.717) is 25.9 Å². The molecule has 1 saturated heterocycles. The minimum absolute atomic E-state index is 0.00673. The van der Waals surface area contributed by atoms with Gasteiger partial charge in [0.05, 0.1) is 5.75 Å². The summed E-state index contributed by atoms with van der Waals surface area (Å²) in [5, 5.41) is 2.97. The molecule has 1 heterocycles. The number of aryl methyl sites for hydroxylation is 3. The van der Waals surface area contributed by atoms with E-state index in [4.69, 9.17) is 0 Å². The van der Waals surface area contributed by atoms with Crippen molar-refractivity contribution >= 4 is 21.6 Å². The van der Waals surface area contributed by atoms with Gasteiger partial charge in [0.15, 0.2) is 0 Å². The number of nitrogens with one attached hydrogen (secondary N) is 1. The van der Waals surface area contributed by atoms with Crippen LogP contribution in [0.15, 0.2) is 42.5 Å². The second-order valence-corrected chi connectivity index (χ2v) is 9.67. The van der Waals surface area contributed by atoms with Crippen LogP contribution in [0.4, 0.5) is 5.69 Å². The van der Waals surface area contributed by atoms with E-state index in [-0.39, 0.29) is 17.6 Å². The maximum atomic E-state index is 12.7. The zero-order chi connectivity index (χ0) is 20.3. The van der Waals surface area contributed by atoms with Crippen LogP contribution in [0.1, 0.15) is 35.1 Å². The minimum atomic E-state index is -3.37. The molecule has 28 heavy (non-hydrogen) atoms. The molecule has 0 unspecified atom stereocenters. The van der Waals surface area contributed by atoms with E-state index in [2.05, 4.69) is 5.32 Å². The van der Waals surface area contributed by atoms with E-state index in [1.54, 1.807) is 0 Å². The van der Waals surface area contributed by atoms with Gasteiger partial charge >= 0.3 is 0 Å². The van der Waals surface area contributed by atoms with Gasteiger partial charge in [-0.15, -0.1) is 0 Å². The molecule has 2 aromatic carbocycles. The van der Waals surface area contributed by atoms with Gasteiger partial charge in [0.2, 0.25) is 15.9 Å². The topological polar surface area (TPSA) is 66.5 Å². The first-order chi connectivity index (χ1) is 13.2. The van der Waals surface area contributed by atoms with Crippen molar-refractivity contribution in [3.05, 3.63) is 64.7 Å². The van der Waals surface area contributed by atoms with E-state index >= 15 is 0 Å². The maximum Gasteiger partial charge on any atom is 0.227 e. The van der Waals surface area contributed by atoms with Crippen molar-refractivity contribution < 1.29 is 13.2 Å². The third-order valence-corrected chi connectivity index (χ3v) is 7.31. The third-order valence-electron chi connectivity index (χ3n) is 5.46. The number of hydrogen-bond acceptors (Lipinski definition) is 3. The highest BCUT2D eigenvalue weighted by Crippen LogP contribution is 2.24. The van der Waals surface area contributed by atoms with Crippen molar-refractivity contribution in [3.63, 3.8) is 0 Å². The first kappa shape index (κ1) is 20.6. The molecule has 1 aliphatic rings. The van der Waals surface area contributed by atoms with Crippen LogP contribution < -0.4 is 5.32 Å². The lowest BCUT2D eigenvalue weighted by Crippen LogP contribution is -2.41. The fourth-order valence-corrected chi connectivity index (χ4v) is 5.01. The Morgan fingerprint density at radius 3 is 2.25 bits per heavy atom. The highest BCUT2D eigenvalue weighted by Gasteiger charge is 2.31. The molecular formula is C22H28N2O3S. The number of carbonyl (C=O) groups is 1. The van der Waals surface area contributed by atoms with Crippen molar-refractivity contribution in [2.24, 2.45) is 5.92 Å². The van der Waals surface area contributed by atoms with E-state index in [9.17, 15) is 13.2 Å². The molecule has 0 spiro atoms. The second kappa shape index (κ2) is 8.45. The van der Waals surface area contributed by atoms with Crippen molar-refractivity contribution in [2.75, 3.05) is 18.4 Å². The summed E-state index contributed by atoms with van der Waals surface area (Å²) >= 11 is 0. The highest BCUT2D eigenvalue weighted by atomic mass is 32.2. The summed E-state index contributed by atoms with van der Waals surface area (Å²) in [6.07, 6.45) is 1.09. The molecule has 5 nitrogen and oxygen atoms in total. The molecule has 150 valence electrons. The Morgan fingerprint density at radius 1 is 1.00 bits per heavy atom. The molecule has 1 fully saturated rings. The van der Waals surface area contributed by atoms with Crippen LogP contribution in [0, 0.1) is 26.7 Å². The van der Waals surface area contributed by atoms with Gasteiger partial charge < -0.3 is 5.32 Å². The molecule has 2 aromatic rings. The number of hydrogen-bond donors (Lipinski definition) is 1. The normalized spacial score (nSPS) is 16.1. The number of amides is 1. The smallest absolute Gasteiger partial charge is 0.227 e. The predicted octanol–water partition coefficient (Wildman–Crippen LogP) is 3.79. The quantitative estimate of drug-likeness (QED) is 0.830. The molecule has 0 saturated carbocycles. The maximum absolute atomic E-state index is 12.7. The second-order valence-electron chi connectivity index (χ2n) is 7.70. The molecule has 0 atom stereocenters. The van der Waals surface area contributed by atoms with Gasteiger partial charge in [0.1, 0.15) is 0 Å². The van der Waals surface area contributed by atoms with Gasteiger partial charge in [-0.25, -0.2) is 12.7 Å². The summed E-state index contributed by atoms with van der Waals surface area (Å²) in [4.78, 5) is 12.6. The highest BCUT2D eigenvalue weighted by molar-refractivity contribution is 7.88. The largest absolute Gasteiger partial charge is 0.326 e. The van der Waals surface area contributed by atoms with Gasteiger partial charge in [-0.3, -0.25) is 4.79 Å². The fraction of sp³-hybridized carbons (Fsp3) is 0.409. The van der Waals surface area contributed by atoms with Crippen LogP contribution >= 0.6 is 0 Å². The van der Waals surface area contributed by atoms with Crippen LogP contribution in [0.25, 0.3) is 0 Å². The van der Waals surface area contributed by atoms with Gasteiger partial charge in [0.25, 0.3) is 0 Å². The molecule has 6 heteroatoms. The summed E-state index contributed by atoms with van der Waals surface area (Å²) in [6, 6.07) is 13.4. The van der Waals surface area contributed by atoms with Gasteiger partial charge in [0, 0.05) is 24.7 Å². The molecule has 0 aliphatic carbocycles. The number of sulfonamides is 1. The molecule has 0 aromatic heterocycles. The number of nitrogens with zero attached hydrogens (tertiary/aromatic N) is 1. The van der Waals surface area contributed by atoms with Gasteiger partial charge in [-0.1, -0.05) is 35.9 Å². The Balaban J connectivity index is 1.56.